The number of halogens is 1. The van der Waals surface area contributed by atoms with Crippen molar-refractivity contribution in [3.63, 3.8) is 0 Å². The minimum atomic E-state index is -0.0609. The van der Waals surface area contributed by atoms with Gasteiger partial charge in [0.15, 0.2) is 5.96 Å². The highest BCUT2D eigenvalue weighted by atomic mass is 127. The number of guanidine groups is 1. The number of hydrogen-bond acceptors (Lipinski definition) is 4. The van der Waals surface area contributed by atoms with Crippen molar-refractivity contribution in [3.05, 3.63) is 35.4 Å². The lowest BCUT2D eigenvalue weighted by atomic mass is 10.1. The molecule has 1 atom stereocenters. The Bertz CT molecular complexity index is 810. The van der Waals surface area contributed by atoms with E-state index in [4.69, 9.17) is 0 Å². The first-order chi connectivity index (χ1) is 15.5. The highest BCUT2D eigenvalue weighted by molar-refractivity contribution is 14.0. The molecule has 3 N–H and O–H groups in total. The molecule has 33 heavy (non-hydrogen) atoms. The normalized spacial score (nSPS) is 18.8. The Balaban J connectivity index is 0.00000385. The van der Waals surface area contributed by atoms with Crippen molar-refractivity contribution in [2.45, 2.75) is 44.7 Å². The smallest absolute Gasteiger partial charge is 0.251 e. The molecule has 1 saturated heterocycles. The van der Waals surface area contributed by atoms with Crippen molar-refractivity contribution in [2.75, 3.05) is 47.3 Å². The Kier molecular flexibility index (Phi) is 11.4. The van der Waals surface area contributed by atoms with Gasteiger partial charge in [-0.1, -0.05) is 25.0 Å². The van der Waals surface area contributed by atoms with Gasteiger partial charge in [0.1, 0.15) is 0 Å². The van der Waals surface area contributed by atoms with Crippen LogP contribution in [0.1, 0.15) is 48.0 Å². The van der Waals surface area contributed by atoms with Crippen LogP contribution in [0.15, 0.2) is 29.3 Å². The Hall–Kier alpha value is -1.88. The molecule has 184 valence electrons. The van der Waals surface area contributed by atoms with E-state index in [2.05, 4.69) is 20.9 Å². The molecule has 1 aromatic rings. The summed E-state index contributed by atoms with van der Waals surface area (Å²) in [5.74, 6) is 1.22. The summed E-state index contributed by atoms with van der Waals surface area (Å²) in [6, 6.07) is 7.84. The summed E-state index contributed by atoms with van der Waals surface area (Å²) in [6.07, 6.45) is 5.39. The zero-order valence-electron chi connectivity index (χ0n) is 20.1. The van der Waals surface area contributed by atoms with Crippen LogP contribution in [0.5, 0.6) is 0 Å². The third kappa shape index (κ3) is 8.44. The van der Waals surface area contributed by atoms with Gasteiger partial charge in [-0.3, -0.25) is 14.6 Å². The fourth-order valence-electron chi connectivity index (χ4n) is 4.40. The fourth-order valence-corrected chi connectivity index (χ4v) is 4.40. The molecule has 1 aromatic carbocycles. The predicted molar refractivity (Wildman–Crippen MR) is 143 cm³/mol. The Morgan fingerprint density at radius 1 is 1.15 bits per heavy atom. The summed E-state index contributed by atoms with van der Waals surface area (Å²) in [5, 5.41) is 9.73. The van der Waals surface area contributed by atoms with Gasteiger partial charge in [-0.25, -0.2) is 0 Å². The molecule has 9 heteroatoms. The summed E-state index contributed by atoms with van der Waals surface area (Å²) < 4.78 is 0. The van der Waals surface area contributed by atoms with Crippen LogP contribution in [0.2, 0.25) is 0 Å². The molecule has 1 aliphatic heterocycles. The van der Waals surface area contributed by atoms with Crippen molar-refractivity contribution < 1.29 is 9.59 Å². The van der Waals surface area contributed by atoms with Crippen LogP contribution in [0.4, 0.5) is 0 Å². The molecule has 2 fully saturated rings. The number of amides is 2. The zero-order chi connectivity index (χ0) is 22.9. The summed E-state index contributed by atoms with van der Waals surface area (Å²) in [4.78, 5) is 33.4. The van der Waals surface area contributed by atoms with E-state index in [0.29, 0.717) is 30.5 Å². The largest absolute Gasteiger partial charge is 0.352 e. The van der Waals surface area contributed by atoms with Crippen LogP contribution in [-0.4, -0.2) is 80.9 Å². The average Bonchev–Trinajstić information content (AvgIpc) is 3.48. The van der Waals surface area contributed by atoms with E-state index in [1.54, 1.807) is 7.05 Å². The van der Waals surface area contributed by atoms with Gasteiger partial charge in [0.2, 0.25) is 5.91 Å². The van der Waals surface area contributed by atoms with Crippen LogP contribution >= 0.6 is 24.0 Å². The molecule has 3 rings (SSSR count). The van der Waals surface area contributed by atoms with Gasteiger partial charge in [-0.2, -0.15) is 0 Å². The van der Waals surface area contributed by atoms with Gasteiger partial charge in [0, 0.05) is 57.3 Å². The molecule has 2 amide bonds. The SMILES string of the molecule is CN=C(NCc1cccc(C(=O)NCCN(C)C)c1)NC1CCN(C(=O)C2CCCC2)C1.I. The van der Waals surface area contributed by atoms with Crippen LogP contribution in [0.3, 0.4) is 0 Å². The van der Waals surface area contributed by atoms with Crippen molar-refractivity contribution in [2.24, 2.45) is 10.9 Å². The third-order valence-electron chi connectivity index (χ3n) is 6.26. The van der Waals surface area contributed by atoms with E-state index in [-0.39, 0.29) is 41.8 Å². The number of aliphatic imine (C=N–C) groups is 1. The number of nitrogens with zero attached hydrogens (tertiary/aromatic N) is 3. The molecular formula is C24H39IN6O2. The minimum absolute atomic E-state index is 0. The second-order valence-corrected chi connectivity index (χ2v) is 9.08. The van der Waals surface area contributed by atoms with E-state index in [9.17, 15) is 9.59 Å². The van der Waals surface area contributed by atoms with Crippen LogP contribution < -0.4 is 16.0 Å². The first-order valence-electron chi connectivity index (χ1n) is 11.7. The lowest BCUT2D eigenvalue weighted by Gasteiger charge is -2.21. The molecule has 1 heterocycles. The Labute approximate surface area is 215 Å². The first kappa shape index (κ1) is 27.4. The maximum atomic E-state index is 12.7. The number of carbonyl (C=O) groups is 2. The predicted octanol–water partition coefficient (Wildman–Crippen LogP) is 2.05. The molecular weight excluding hydrogens is 531 g/mol. The van der Waals surface area contributed by atoms with E-state index >= 15 is 0 Å². The molecule has 1 unspecified atom stereocenters. The summed E-state index contributed by atoms with van der Waals surface area (Å²) in [7, 11) is 5.71. The minimum Gasteiger partial charge on any atom is -0.352 e. The Morgan fingerprint density at radius 2 is 1.91 bits per heavy atom. The number of rotatable bonds is 8. The molecule has 0 radical (unpaired) electrons. The van der Waals surface area contributed by atoms with Gasteiger partial charge in [-0.15, -0.1) is 24.0 Å². The molecule has 0 spiro atoms. The van der Waals surface area contributed by atoms with Gasteiger partial charge in [0.05, 0.1) is 0 Å². The van der Waals surface area contributed by atoms with Crippen molar-refractivity contribution in [1.82, 2.24) is 25.8 Å². The van der Waals surface area contributed by atoms with Crippen molar-refractivity contribution >= 4 is 41.8 Å². The maximum Gasteiger partial charge on any atom is 0.251 e. The van der Waals surface area contributed by atoms with E-state index < -0.39 is 0 Å². The van der Waals surface area contributed by atoms with Gasteiger partial charge in [0.25, 0.3) is 5.91 Å². The highest BCUT2D eigenvalue weighted by Crippen LogP contribution is 2.27. The standard InChI is InChI=1S/C24H38N6O2.HI/c1-25-24(28-21-11-13-30(17-21)23(32)19-8-4-5-9-19)27-16-18-7-6-10-20(15-18)22(31)26-12-14-29(2)3;/h6-7,10,15,19,21H,4-5,8-9,11-14,16-17H2,1-3H3,(H,26,31)(H2,25,27,28);1H. The topological polar surface area (TPSA) is 89.1 Å². The molecule has 0 aromatic heterocycles. The number of likely N-dealkylation sites (N-methyl/N-ethyl adjacent to an activating group) is 1. The van der Waals surface area contributed by atoms with E-state index in [1.165, 1.54) is 12.8 Å². The van der Waals surface area contributed by atoms with Gasteiger partial charge < -0.3 is 25.8 Å². The van der Waals surface area contributed by atoms with Crippen molar-refractivity contribution in [1.29, 1.82) is 0 Å². The molecule has 1 saturated carbocycles. The van der Waals surface area contributed by atoms with Crippen LogP contribution in [0, 0.1) is 5.92 Å². The van der Waals surface area contributed by atoms with E-state index in [0.717, 1.165) is 44.5 Å². The lowest BCUT2D eigenvalue weighted by Crippen LogP contribution is -2.45. The number of likely N-dealkylation sites (tertiary alicyclic amines) is 1. The zero-order valence-corrected chi connectivity index (χ0v) is 22.4. The van der Waals surface area contributed by atoms with Crippen molar-refractivity contribution in [3.8, 4) is 0 Å². The Morgan fingerprint density at radius 3 is 2.61 bits per heavy atom. The number of benzene rings is 1. The van der Waals surface area contributed by atoms with Crippen LogP contribution in [0.25, 0.3) is 0 Å². The fraction of sp³-hybridized carbons (Fsp3) is 0.625. The monoisotopic (exact) mass is 570 g/mol. The second kappa shape index (κ2) is 13.7. The molecule has 8 nitrogen and oxygen atoms in total. The number of hydrogen-bond donors (Lipinski definition) is 3. The summed E-state index contributed by atoms with van der Waals surface area (Å²) >= 11 is 0. The summed E-state index contributed by atoms with van der Waals surface area (Å²) in [6.45, 7) is 3.54. The number of carbonyl (C=O) groups excluding carboxylic acids is 2. The van der Waals surface area contributed by atoms with Gasteiger partial charge >= 0.3 is 0 Å². The van der Waals surface area contributed by atoms with Gasteiger partial charge in [-0.05, 0) is 51.1 Å². The number of nitrogens with one attached hydrogen (secondary N) is 3. The van der Waals surface area contributed by atoms with E-state index in [1.807, 2.05) is 48.2 Å². The molecule has 0 bridgehead atoms. The highest BCUT2D eigenvalue weighted by Gasteiger charge is 2.32. The second-order valence-electron chi connectivity index (χ2n) is 9.08. The maximum absolute atomic E-state index is 12.7. The van der Waals surface area contributed by atoms with Crippen LogP contribution in [-0.2, 0) is 11.3 Å². The first-order valence-corrected chi connectivity index (χ1v) is 11.7. The molecule has 1 aliphatic carbocycles. The average molecular weight is 571 g/mol. The molecule has 2 aliphatic rings. The third-order valence-corrected chi connectivity index (χ3v) is 6.26. The quantitative estimate of drug-likeness (QED) is 0.253. The lowest BCUT2D eigenvalue weighted by molar-refractivity contribution is -0.134. The summed E-state index contributed by atoms with van der Waals surface area (Å²) in [5.41, 5.74) is 1.67.